The van der Waals surface area contributed by atoms with E-state index in [0.29, 0.717) is 17.9 Å². The molecule has 4 nitrogen and oxygen atoms in total. The second kappa shape index (κ2) is 4.27. The van der Waals surface area contributed by atoms with Gasteiger partial charge in [-0.3, -0.25) is 4.79 Å². The van der Waals surface area contributed by atoms with Gasteiger partial charge in [-0.1, -0.05) is 13.8 Å². The van der Waals surface area contributed by atoms with Crippen LogP contribution < -0.4 is 9.47 Å². The van der Waals surface area contributed by atoms with E-state index >= 15 is 0 Å². The summed E-state index contributed by atoms with van der Waals surface area (Å²) in [5.74, 6) is 1.53. The number of rotatable bonds is 2. The molecule has 1 aliphatic carbocycles. The Morgan fingerprint density at radius 1 is 1.10 bits per heavy atom. The molecule has 0 spiro atoms. The van der Waals surface area contributed by atoms with E-state index in [-0.39, 0.29) is 11.2 Å². The lowest BCUT2D eigenvalue weighted by molar-refractivity contribution is 0.0913. The smallest absolute Gasteiger partial charge is 0.165 e. The van der Waals surface area contributed by atoms with Crippen LogP contribution in [0.4, 0.5) is 0 Å². The number of carbonyl (C=O) groups excluding carboxylic acids is 1. The molecule has 4 heteroatoms. The summed E-state index contributed by atoms with van der Waals surface area (Å²) in [7, 11) is 3.22. The number of Topliss-reactive ketones (excluding diaryl/α,β-unsaturated/α-hetero) is 1. The first-order valence-corrected chi connectivity index (χ1v) is 6.75. The Kier molecular flexibility index (Phi) is 2.78. The minimum atomic E-state index is 0.0130. The van der Waals surface area contributed by atoms with Crippen LogP contribution >= 0.6 is 0 Å². The molecular formula is C16H19NO3. The number of ketones is 1. The number of carbonyl (C=O) groups is 1. The molecule has 1 aromatic carbocycles. The van der Waals surface area contributed by atoms with Crippen LogP contribution in [0.5, 0.6) is 11.5 Å². The number of H-pyrrole nitrogens is 1. The number of aromatic nitrogens is 1. The molecule has 106 valence electrons. The van der Waals surface area contributed by atoms with Crippen molar-refractivity contribution in [2.45, 2.75) is 26.7 Å². The summed E-state index contributed by atoms with van der Waals surface area (Å²) in [5.41, 5.74) is 2.79. The summed E-state index contributed by atoms with van der Waals surface area (Å²) < 4.78 is 10.6. The maximum atomic E-state index is 12.4. The number of methoxy groups -OCH3 is 2. The minimum absolute atomic E-state index is 0.0130. The van der Waals surface area contributed by atoms with Crippen molar-refractivity contribution in [1.29, 1.82) is 0 Å². The molecule has 0 atom stereocenters. The van der Waals surface area contributed by atoms with Crippen LogP contribution in [0.1, 0.15) is 36.3 Å². The molecule has 3 rings (SSSR count). The van der Waals surface area contributed by atoms with E-state index in [9.17, 15) is 4.79 Å². The van der Waals surface area contributed by atoms with Crippen molar-refractivity contribution >= 4 is 16.7 Å². The van der Waals surface area contributed by atoms with Crippen LogP contribution in [0.3, 0.4) is 0 Å². The van der Waals surface area contributed by atoms with Crippen LogP contribution in [0.2, 0.25) is 0 Å². The Morgan fingerprint density at radius 3 is 2.40 bits per heavy atom. The van der Waals surface area contributed by atoms with E-state index in [4.69, 9.17) is 9.47 Å². The fraction of sp³-hybridized carbons (Fsp3) is 0.438. The molecular weight excluding hydrogens is 254 g/mol. The van der Waals surface area contributed by atoms with Gasteiger partial charge < -0.3 is 14.5 Å². The highest BCUT2D eigenvalue weighted by Gasteiger charge is 2.33. The Bertz CT molecular complexity index is 697. The van der Waals surface area contributed by atoms with E-state index < -0.39 is 0 Å². The van der Waals surface area contributed by atoms with Crippen molar-refractivity contribution in [2.24, 2.45) is 5.41 Å². The lowest BCUT2D eigenvalue weighted by Crippen LogP contribution is -2.26. The van der Waals surface area contributed by atoms with Gasteiger partial charge in [0.05, 0.1) is 19.7 Å². The summed E-state index contributed by atoms with van der Waals surface area (Å²) in [6.45, 7) is 4.25. The molecule has 0 amide bonds. The predicted octanol–water partition coefficient (Wildman–Crippen LogP) is 3.34. The van der Waals surface area contributed by atoms with Gasteiger partial charge in [-0.2, -0.15) is 0 Å². The highest BCUT2D eigenvalue weighted by molar-refractivity contribution is 6.10. The monoisotopic (exact) mass is 273 g/mol. The molecule has 2 aromatic rings. The molecule has 0 fully saturated rings. The van der Waals surface area contributed by atoms with Gasteiger partial charge in [0.15, 0.2) is 17.3 Å². The van der Waals surface area contributed by atoms with Gasteiger partial charge >= 0.3 is 0 Å². The van der Waals surface area contributed by atoms with Gasteiger partial charge in [0.25, 0.3) is 0 Å². The molecule has 1 aliphatic rings. The van der Waals surface area contributed by atoms with E-state index in [2.05, 4.69) is 18.8 Å². The largest absolute Gasteiger partial charge is 0.493 e. The number of fused-ring (bicyclic) bond motifs is 3. The second-order valence-electron chi connectivity index (χ2n) is 6.17. The van der Waals surface area contributed by atoms with Gasteiger partial charge in [-0.05, 0) is 17.9 Å². The van der Waals surface area contributed by atoms with Gasteiger partial charge in [0.2, 0.25) is 0 Å². The zero-order valence-electron chi connectivity index (χ0n) is 12.3. The number of hydrogen-bond acceptors (Lipinski definition) is 3. The third-order valence-electron chi connectivity index (χ3n) is 3.95. The summed E-state index contributed by atoms with van der Waals surface area (Å²) in [5, 5.41) is 0.929. The molecule has 0 unspecified atom stereocenters. The lowest BCUT2D eigenvalue weighted by atomic mass is 9.76. The highest BCUT2D eigenvalue weighted by atomic mass is 16.5. The summed E-state index contributed by atoms with van der Waals surface area (Å²) in [6, 6.07) is 3.78. The van der Waals surface area contributed by atoms with Crippen LogP contribution in [0, 0.1) is 5.41 Å². The first-order chi connectivity index (χ1) is 9.45. The van der Waals surface area contributed by atoms with Gasteiger partial charge in [0, 0.05) is 29.1 Å². The standard InChI is InChI=1S/C16H19NO3/c1-16(2)7-11-15(12(18)8-16)9-5-13(19-3)14(20-4)6-10(9)17-11/h5-6,17H,7-8H2,1-4H3. The number of aromatic amines is 1. The van der Waals surface area contributed by atoms with Crippen LogP contribution in [-0.4, -0.2) is 25.0 Å². The van der Waals surface area contributed by atoms with Crippen molar-refractivity contribution in [2.75, 3.05) is 14.2 Å². The van der Waals surface area contributed by atoms with Crippen molar-refractivity contribution < 1.29 is 14.3 Å². The molecule has 1 aromatic heterocycles. The summed E-state index contributed by atoms with van der Waals surface area (Å²) >= 11 is 0. The fourth-order valence-corrected chi connectivity index (χ4v) is 3.09. The molecule has 1 heterocycles. The molecule has 1 N–H and O–H groups in total. The van der Waals surface area contributed by atoms with Gasteiger partial charge in [0.1, 0.15) is 0 Å². The number of nitrogens with one attached hydrogen (secondary N) is 1. The molecule has 0 bridgehead atoms. The van der Waals surface area contributed by atoms with Gasteiger partial charge in [-0.15, -0.1) is 0 Å². The molecule has 20 heavy (non-hydrogen) atoms. The number of hydrogen-bond donors (Lipinski definition) is 1. The average Bonchev–Trinajstić information content (AvgIpc) is 2.72. The van der Waals surface area contributed by atoms with Crippen molar-refractivity contribution in [3.8, 4) is 11.5 Å². The first-order valence-electron chi connectivity index (χ1n) is 6.75. The third-order valence-corrected chi connectivity index (χ3v) is 3.95. The lowest BCUT2D eigenvalue weighted by Gasteiger charge is -2.28. The SMILES string of the molecule is COc1cc2[nH]c3c(c2cc1OC)C(=O)CC(C)(C)C3. The van der Waals surface area contributed by atoms with Crippen LogP contribution in [0.25, 0.3) is 10.9 Å². The quantitative estimate of drug-likeness (QED) is 0.913. The second-order valence-corrected chi connectivity index (χ2v) is 6.17. The van der Waals surface area contributed by atoms with E-state index in [1.165, 1.54) is 0 Å². The normalized spacial score (nSPS) is 17.1. The zero-order chi connectivity index (χ0) is 14.5. The number of benzene rings is 1. The number of ether oxygens (including phenoxy) is 2. The fourth-order valence-electron chi connectivity index (χ4n) is 3.09. The zero-order valence-corrected chi connectivity index (χ0v) is 12.3. The van der Waals surface area contributed by atoms with E-state index in [1.54, 1.807) is 14.2 Å². The van der Waals surface area contributed by atoms with E-state index in [1.807, 2.05) is 12.1 Å². The Hall–Kier alpha value is -1.97. The van der Waals surface area contributed by atoms with Gasteiger partial charge in [-0.25, -0.2) is 0 Å². The minimum Gasteiger partial charge on any atom is -0.493 e. The molecule has 0 saturated heterocycles. The van der Waals surface area contributed by atoms with E-state index in [0.717, 1.165) is 28.6 Å². The molecule has 0 aliphatic heterocycles. The van der Waals surface area contributed by atoms with Crippen LogP contribution in [0.15, 0.2) is 12.1 Å². The molecule has 0 radical (unpaired) electrons. The molecule has 0 saturated carbocycles. The Morgan fingerprint density at radius 2 is 1.75 bits per heavy atom. The summed E-state index contributed by atoms with van der Waals surface area (Å²) in [6.07, 6.45) is 1.47. The predicted molar refractivity (Wildman–Crippen MR) is 77.8 cm³/mol. The third kappa shape index (κ3) is 1.87. The Labute approximate surface area is 118 Å². The Balaban J connectivity index is 2.26. The summed E-state index contributed by atoms with van der Waals surface area (Å²) in [4.78, 5) is 15.8. The average molecular weight is 273 g/mol. The van der Waals surface area contributed by atoms with Crippen molar-refractivity contribution in [1.82, 2.24) is 4.98 Å². The topological polar surface area (TPSA) is 51.3 Å². The van der Waals surface area contributed by atoms with Crippen molar-refractivity contribution in [3.05, 3.63) is 23.4 Å². The first kappa shape index (κ1) is 13.0. The van der Waals surface area contributed by atoms with Crippen molar-refractivity contribution in [3.63, 3.8) is 0 Å². The maximum absolute atomic E-state index is 12.4. The van der Waals surface area contributed by atoms with Crippen LogP contribution in [-0.2, 0) is 6.42 Å². The highest BCUT2D eigenvalue weighted by Crippen LogP contribution is 2.41. The maximum Gasteiger partial charge on any atom is 0.165 e.